The fourth-order valence-electron chi connectivity index (χ4n) is 10.4. The Morgan fingerprint density at radius 2 is 1.61 bits per heavy atom. The second-order valence-electron chi connectivity index (χ2n) is 14.8. The highest BCUT2D eigenvalue weighted by Gasteiger charge is 2.82. The predicted octanol–water partition coefficient (Wildman–Crippen LogP) is 7.27. The fraction of sp³-hybridized carbons (Fsp3) is 0.879. The van der Waals surface area contributed by atoms with Crippen LogP contribution in [0.3, 0.4) is 0 Å². The van der Waals surface area contributed by atoms with Gasteiger partial charge in [-0.05, 0) is 92.8 Å². The van der Waals surface area contributed by atoms with E-state index in [9.17, 15) is 9.59 Å². The van der Waals surface area contributed by atoms with Gasteiger partial charge in [-0.2, -0.15) is 0 Å². The number of esters is 2. The Bertz CT molecular complexity index is 1000. The molecule has 1 saturated heterocycles. The number of epoxide rings is 1. The molecule has 5 heteroatoms. The Labute approximate surface area is 230 Å². The third-order valence-electron chi connectivity index (χ3n) is 12.9. The zero-order chi connectivity index (χ0) is 27.8. The number of rotatable bonds is 6. The molecule has 3 saturated carbocycles. The maximum absolute atomic E-state index is 12.3. The molecule has 0 unspecified atom stereocenters. The number of fused-ring (bicyclic) bond motifs is 6. The molecule has 1 spiro atoms. The van der Waals surface area contributed by atoms with Gasteiger partial charge in [0.1, 0.15) is 23.4 Å². The van der Waals surface area contributed by atoms with Gasteiger partial charge in [-0.1, -0.05) is 53.2 Å². The molecule has 0 amide bonds. The van der Waals surface area contributed by atoms with Gasteiger partial charge in [0.25, 0.3) is 0 Å². The molecule has 0 aromatic carbocycles. The van der Waals surface area contributed by atoms with Gasteiger partial charge < -0.3 is 14.2 Å². The van der Waals surface area contributed by atoms with Gasteiger partial charge in [0.2, 0.25) is 0 Å². The quantitative estimate of drug-likeness (QED) is 0.206. The summed E-state index contributed by atoms with van der Waals surface area (Å²) in [6, 6.07) is 0. The van der Waals surface area contributed by atoms with Crippen molar-refractivity contribution in [3.05, 3.63) is 11.6 Å². The molecule has 0 radical (unpaired) electrons. The summed E-state index contributed by atoms with van der Waals surface area (Å²) in [6.07, 6.45) is 11.1. The minimum Gasteiger partial charge on any atom is -0.462 e. The van der Waals surface area contributed by atoms with Crippen molar-refractivity contribution in [3.8, 4) is 0 Å². The number of allylic oxidation sites excluding steroid dienone is 1. The van der Waals surface area contributed by atoms with E-state index in [1.807, 2.05) is 0 Å². The first-order valence-corrected chi connectivity index (χ1v) is 15.4. The highest BCUT2D eigenvalue weighted by molar-refractivity contribution is 5.66. The van der Waals surface area contributed by atoms with Crippen molar-refractivity contribution in [2.24, 2.45) is 46.3 Å². The summed E-state index contributed by atoms with van der Waals surface area (Å²) in [5.41, 5.74) is 1.20. The first kappa shape index (κ1) is 28.2. The van der Waals surface area contributed by atoms with Crippen molar-refractivity contribution in [2.75, 3.05) is 0 Å². The molecule has 0 aromatic heterocycles. The van der Waals surface area contributed by atoms with Gasteiger partial charge >= 0.3 is 11.9 Å². The van der Waals surface area contributed by atoms with E-state index in [0.717, 1.165) is 32.1 Å². The lowest BCUT2D eigenvalue weighted by molar-refractivity contribution is -0.155. The summed E-state index contributed by atoms with van der Waals surface area (Å²) in [5, 5.41) is 0. The summed E-state index contributed by atoms with van der Waals surface area (Å²) in [6.45, 7) is 19.4. The van der Waals surface area contributed by atoms with E-state index in [1.54, 1.807) is 6.92 Å². The van der Waals surface area contributed by atoms with Crippen molar-refractivity contribution >= 4 is 11.9 Å². The molecular formula is C33H52O5. The molecule has 4 aliphatic carbocycles. The predicted molar refractivity (Wildman–Crippen MR) is 148 cm³/mol. The first-order chi connectivity index (χ1) is 17.7. The lowest BCUT2D eigenvalue weighted by atomic mass is 9.46. The summed E-state index contributed by atoms with van der Waals surface area (Å²) >= 11 is 0. The Kier molecular flexibility index (Phi) is 6.93. The van der Waals surface area contributed by atoms with Crippen LogP contribution < -0.4 is 0 Å². The van der Waals surface area contributed by atoms with Crippen LogP contribution in [0.1, 0.15) is 114 Å². The second kappa shape index (κ2) is 9.35. The standard InChI is InChI=1S/C33H52O5/c1-19(2)20(3)21(4)29(37-23(6)35)32(9)33(38-32)17-14-28-26-11-10-24-18-25(36-22(5)34)12-15-30(24,7)27(26)13-16-31(28,33)8/h10,19-21,25-29H,11-18H2,1-9H3/t20-,21+,25+,26-,27+,28+,29+,30+,31+,32+,33+/m1/s1. The normalized spacial score (nSPS) is 45.8. The zero-order valence-electron chi connectivity index (χ0n) is 25.4. The number of ether oxygens (including phenoxy) is 3. The third-order valence-corrected chi connectivity index (χ3v) is 12.9. The lowest BCUT2D eigenvalue weighted by Gasteiger charge is -2.58. The number of carbonyl (C=O) groups is 2. The van der Waals surface area contributed by atoms with Crippen LogP contribution >= 0.6 is 0 Å². The molecular weight excluding hydrogens is 476 g/mol. The molecule has 0 aromatic rings. The van der Waals surface area contributed by atoms with E-state index < -0.39 is 5.60 Å². The van der Waals surface area contributed by atoms with E-state index in [4.69, 9.17) is 14.2 Å². The summed E-state index contributed by atoms with van der Waals surface area (Å²) in [5.74, 6) is 2.80. The minimum absolute atomic E-state index is 0.0426. The molecule has 214 valence electrons. The molecule has 5 nitrogen and oxygen atoms in total. The van der Waals surface area contributed by atoms with Crippen molar-refractivity contribution < 1.29 is 23.8 Å². The highest BCUT2D eigenvalue weighted by Crippen LogP contribution is 2.76. The van der Waals surface area contributed by atoms with Crippen LogP contribution in [0, 0.1) is 46.3 Å². The van der Waals surface area contributed by atoms with Crippen molar-refractivity contribution in [2.45, 2.75) is 137 Å². The molecule has 0 N–H and O–H groups in total. The Morgan fingerprint density at radius 3 is 2.24 bits per heavy atom. The van der Waals surface area contributed by atoms with Gasteiger partial charge in [0.15, 0.2) is 0 Å². The van der Waals surface area contributed by atoms with Crippen LogP contribution in [-0.4, -0.2) is 35.3 Å². The van der Waals surface area contributed by atoms with Gasteiger partial charge in [-0.25, -0.2) is 0 Å². The van der Waals surface area contributed by atoms with Crippen LogP contribution in [0.15, 0.2) is 11.6 Å². The van der Waals surface area contributed by atoms with Crippen molar-refractivity contribution in [1.82, 2.24) is 0 Å². The second-order valence-corrected chi connectivity index (χ2v) is 14.8. The third kappa shape index (κ3) is 3.95. The Morgan fingerprint density at radius 1 is 0.921 bits per heavy atom. The van der Waals surface area contributed by atoms with E-state index in [0.29, 0.717) is 29.6 Å². The minimum atomic E-state index is -0.431. The average Bonchev–Trinajstić information content (AvgIpc) is 3.35. The van der Waals surface area contributed by atoms with Gasteiger partial charge in [-0.3, -0.25) is 9.59 Å². The number of hydrogen-bond acceptors (Lipinski definition) is 5. The average molecular weight is 529 g/mol. The van der Waals surface area contributed by atoms with Gasteiger partial charge in [0, 0.05) is 25.7 Å². The van der Waals surface area contributed by atoms with Crippen molar-refractivity contribution in [3.63, 3.8) is 0 Å². The smallest absolute Gasteiger partial charge is 0.303 e. The summed E-state index contributed by atoms with van der Waals surface area (Å²) in [4.78, 5) is 23.9. The number of carbonyl (C=O) groups excluding carboxylic acids is 2. The fourth-order valence-corrected chi connectivity index (χ4v) is 10.4. The first-order valence-electron chi connectivity index (χ1n) is 15.4. The molecule has 5 aliphatic rings. The molecule has 5 rings (SSSR count). The van der Waals surface area contributed by atoms with Crippen molar-refractivity contribution in [1.29, 1.82) is 0 Å². The monoisotopic (exact) mass is 528 g/mol. The lowest BCUT2D eigenvalue weighted by Crippen LogP contribution is -2.54. The Hall–Kier alpha value is -1.36. The Balaban J connectivity index is 1.40. The van der Waals surface area contributed by atoms with Crippen LogP contribution in [0.2, 0.25) is 0 Å². The summed E-state index contributed by atoms with van der Waals surface area (Å²) in [7, 11) is 0. The van der Waals surface area contributed by atoms with Gasteiger partial charge in [0.05, 0.1) is 0 Å². The summed E-state index contributed by atoms with van der Waals surface area (Å²) < 4.78 is 18.7. The zero-order valence-corrected chi connectivity index (χ0v) is 25.4. The van der Waals surface area contributed by atoms with E-state index in [1.165, 1.54) is 31.8 Å². The van der Waals surface area contributed by atoms with Crippen LogP contribution in [-0.2, 0) is 23.8 Å². The molecule has 0 bridgehead atoms. The molecule has 1 heterocycles. The van der Waals surface area contributed by atoms with Gasteiger partial charge in [-0.15, -0.1) is 0 Å². The molecule has 4 fully saturated rings. The van der Waals surface area contributed by atoms with E-state index in [-0.39, 0.29) is 46.5 Å². The van der Waals surface area contributed by atoms with E-state index >= 15 is 0 Å². The topological polar surface area (TPSA) is 65.1 Å². The van der Waals surface area contributed by atoms with Crippen LogP contribution in [0.25, 0.3) is 0 Å². The van der Waals surface area contributed by atoms with E-state index in [2.05, 4.69) is 54.5 Å². The maximum atomic E-state index is 12.3. The van der Waals surface area contributed by atoms with Crippen LogP contribution in [0.4, 0.5) is 0 Å². The molecule has 11 atom stereocenters. The maximum Gasteiger partial charge on any atom is 0.303 e. The molecule has 1 aliphatic heterocycles. The molecule has 38 heavy (non-hydrogen) atoms. The largest absolute Gasteiger partial charge is 0.462 e. The SMILES string of the molecule is CC(=O)O[C@H]1CC[C@@]2(C)C(=CC[C@@H]3[C@@H]2CC[C@@]2(C)[C@H]3CC[C@]23O[C@@]3(C)[C@@H](OC(C)=O)[C@@H](C)[C@H](C)C(C)C)C1. The van der Waals surface area contributed by atoms with Crippen LogP contribution in [0.5, 0.6) is 0 Å². The highest BCUT2D eigenvalue weighted by atomic mass is 16.7. The number of hydrogen-bond donors (Lipinski definition) is 0.